The lowest BCUT2D eigenvalue weighted by molar-refractivity contribution is -0.136. The first-order valence-corrected chi connectivity index (χ1v) is 12.2. The Morgan fingerprint density at radius 3 is 2.40 bits per heavy atom. The molecule has 1 saturated carbocycles. The molecule has 6 nitrogen and oxygen atoms in total. The van der Waals surface area contributed by atoms with Crippen LogP contribution in [0.5, 0.6) is 11.5 Å². The van der Waals surface area contributed by atoms with Crippen molar-refractivity contribution < 1.29 is 22.7 Å². The van der Waals surface area contributed by atoms with Crippen LogP contribution in [0.3, 0.4) is 0 Å². The molecule has 1 aliphatic heterocycles. The topological polar surface area (TPSA) is 72.9 Å². The molecule has 1 heterocycles. The van der Waals surface area contributed by atoms with Crippen LogP contribution in [0, 0.1) is 17.3 Å². The van der Waals surface area contributed by atoms with Gasteiger partial charge in [-0.15, -0.1) is 0 Å². The molecule has 0 spiro atoms. The highest BCUT2D eigenvalue weighted by Crippen LogP contribution is 2.60. The number of hydrogen-bond donors (Lipinski definition) is 0. The Labute approximate surface area is 180 Å². The van der Waals surface area contributed by atoms with E-state index in [4.69, 9.17) is 9.47 Å². The molecule has 1 aromatic rings. The number of rotatable bonds is 7. The number of nitrogens with zero attached hydrogens (tertiary/aromatic N) is 1. The molecular weight excluding hydrogens is 402 g/mol. The number of sulfone groups is 1. The van der Waals surface area contributed by atoms with Crippen LogP contribution in [-0.2, 0) is 21.2 Å². The average Bonchev–Trinajstić information content (AvgIpc) is 3.00. The van der Waals surface area contributed by atoms with E-state index in [9.17, 15) is 13.2 Å². The Morgan fingerprint density at radius 1 is 1.20 bits per heavy atom. The summed E-state index contributed by atoms with van der Waals surface area (Å²) in [5.41, 5.74) is 1.96. The molecule has 166 valence electrons. The van der Waals surface area contributed by atoms with E-state index in [2.05, 4.69) is 19.9 Å². The molecule has 2 fully saturated rings. The highest BCUT2D eigenvalue weighted by molar-refractivity contribution is 7.91. The minimum absolute atomic E-state index is 0.0342. The quantitative estimate of drug-likeness (QED) is 0.614. The Balaban J connectivity index is 1.90. The molecule has 0 N–H and O–H groups in total. The molecule has 0 bridgehead atoms. The van der Waals surface area contributed by atoms with E-state index in [-0.39, 0.29) is 40.7 Å². The number of allylic oxidation sites excluding steroid dienone is 2. The first-order valence-electron chi connectivity index (χ1n) is 10.4. The minimum atomic E-state index is -3.11. The Bertz CT molecular complexity index is 946. The van der Waals surface area contributed by atoms with Gasteiger partial charge in [0.1, 0.15) is 0 Å². The van der Waals surface area contributed by atoms with Gasteiger partial charge in [0.25, 0.3) is 0 Å². The second-order valence-electron chi connectivity index (χ2n) is 9.28. The number of hydrogen-bond acceptors (Lipinski definition) is 5. The summed E-state index contributed by atoms with van der Waals surface area (Å²) < 4.78 is 35.0. The minimum Gasteiger partial charge on any atom is -0.493 e. The standard InChI is InChI=1S/C23H33NO5S/c1-15(2)11-18-21(23(18,3)4)22(25)24(17-9-10-30(26,27)14-17)13-16-7-8-19(28-5)20(12-16)29-6/h7-8,11-12,17-18,21H,9-10,13-14H2,1-6H3/t17-,18+,21-/m1/s1. The van der Waals surface area contributed by atoms with Crippen molar-refractivity contribution >= 4 is 15.7 Å². The van der Waals surface area contributed by atoms with Gasteiger partial charge >= 0.3 is 0 Å². The zero-order chi connectivity index (χ0) is 22.3. The van der Waals surface area contributed by atoms with Gasteiger partial charge in [-0.25, -0.2) is 8.42 Å². The summed E-state index contributed by atoms with van der Waals surface area (Å²) >= 11 is 0. The van der Waals surface area contributed by atoms with E-state index >= 15 is 0 Å². The summed E-state index contributed by atoms with van der Waals surface area (Å²) in [6.07, 6.45) is 2.66. The van der Waals surface area contributed by atoms with Gasteiger partial charge in [0.15, 0.2) is 21.3 Å². The third-order valence-corrected chi connectivity index (χ3v) is 8.17. The van der Waals surface area contributed by atoms with Crippen molar-refractivity contribution in [2.45, 2.75) is 46.7 Å². The van der Waals surface area contributed by atoms with Gasteiger partial charge in [-0.3, -0.25) is 4.79 Å². The number of benzene rings is 1. The third kappa shape index (κ3) is 4.51. The lowest BCUT2D eigenvalue weighted by atomic mass is 10.1. The molecule has 0 radical (unpaired) electrons. The molecular formula is C23H33NO5S. The van der Waals surface area contributed by atoms with Crippen LogP contribution in [-0.4, -0.2) is 51.0 Å². The summed E-state index contributed by atoms with van der Waals surface area (Å²) in [7, 11) is 0.0460. The van der Waals surface area contributed by atoms with Crippen molar-refractivity contribution in [3.05, 3.63) is 35.4 Å². The number of carbonyl (C=O) groups excluding carboxylic acids is 1. The van der Waals surface area contributed by atoms with Crippen LogP contribution >= 0.6 is 0 Å². The van der Waals surface area contributed by atoms with Crippen molar-refractivity contribution in [3.8, 4) is 11.5 Å². The van der Waals surface area contributed by atoms with Crippen LogP contribution < -0.4 is 9.47 Å². The maximum Gasteiger partial charge on any atom is 0.227 e. The van der Waals surface area contributed by atoms with Gasteiger partial charge in [0.2, 0.25) is 5.91 Å². The van der Waals surface area contributed by atoms with Gasteiger partial charge < -0.3 is 14.4 Å². The molecule has 1 aromatic carbocycles. The summed E-state index contributed by atoms with van der Waals surface area (Å²) in [5, 5.41) is 0. The van der Waals surface area contributed by atoms with E-state index in [0.717, 1.165) is 5.56 Å². The average molecular weight is 436 g/mol. The van der Waals surface area contributed by atoms with E-state index in [0.29, 0.717) is 24.5 Å². The zero-order valence-electron chi connectivity index (χ0n) is 18.8. The largest absolute Gasteiger partial charge is 0.493 e. The predicted molar refractivity (Wildman–Crippen MR) is 117 cm³/mol. The van der Waals surface area contributed by atoms with E-state index in [1.807, 2.05) is 32.0 Å². The molecule has 30 heavy (non-hydrogen) atoms. The summed E-state index contributed by atoms with van der Waals surface area (Å²) in [5.74, 6) is 1.48. The number of methoxy groups -OCH3 is 2. The summed E-state index contributed by atoms with van der Waals surface area (Å²) in [4.78, 5) is 15.4. The summed E-state index contributed by atoms with van der Waals surface area (Å²) in [6, 6.07) is 5.28. The molecule has 0 aromatic heterocycles. The Kier molecular flexibility index (Phi) is 6.23. The lowest BCUT2D eigenvalue weighted by Crippen LogP contribution is -2.42. The van der Waals surface area contributed by atoms with E-state index < -0.39 is 9.84 Å². The van der Waals surface area contributed by atoms with Crippen LogP contribution in [0.4, 0.5) is 0 Å². The normalized spacial score (nSPS) is 26.0. The maximum atomic E-state index is 13.6. The van der Waals surface area contributed by atoms with Crippen molar-refractivity contribution in [3.63, 3.8) is 0 Å². The monoisotopic (exact) mass is 435 g/mol. The first kappa shape index (κ1) is 22.7. The molecule has 1 aliphatic carbocycles. The second-order valence-corrected chi connectivity index (χ2v) is 11.5. The second kappa shape index (κ2) is 8.25. The lowest BCUT2D eigenvalue weighted by Gasteiger charge is -2.29. The van der Waals surface area contributed by atoms with Crippen molar-refractivity contribution in [1.82, 2.24) is 4.90 Å². The number of carbonyl (C=O) groups is 1. The van der Waals surface area contributed by atoms with Crippen LogP contribution in [0.15, 0.2) is 29.8 Å². The van der Waals surface area contributed by atoms with Gasteiger partial charge in [-0.1, -0.05) is 31.6 Å². The fraction of sp³-hybridized carbons (Fsp3) is 0.609. The Hall–Kier alpha value is -2.02. The smallest absolute Gasteiger partial charge is 0.227 e. The SMILES string of the molecule is COc1ccc(CN(C(=O)[C@H]2[C@H](C=C(C)C)C2(C)C)[C@@H]2CCS(=O)(=O)C2)cc1OC. The van der Waals surface area contributed by atoms with E-state index in [1.54, 1.807) is 19.1 Å². The predicted octanol–water partition coefficient (Wildman–Crippen LogP) is 3.46. The third-order valence-electron chi connectivity index (χ3n) is 6.42. The highest BCUT2D eigenvalue weighted by Gasteiger charge is 2.61. The van der Waals surface area contributed by atoms with E-state index in [1.165, 1.54) is 5.57 Å². The van der Waals surface area contributed by atoms with Gasteiger partial charge in [-0.2, -0.15) is 0 Å². The van der Waals surface area contributed by atoms with Crippen molar-refractivity contribution in [2.75, 3.05) is 25.7 Å². The highest BCUT2D eigenvalue weighted by atomic mass is 32.2. The fourth-order valence-corrected chi connectivity index (χ4v) is 6.31. The molecule has 3 atom stereocenters. The number of amides is 1. The zero-order valence-corrected chi connectivity index (χ0v) is 19.6. The molecule has 3 rings (SSSR count). The summed E-state index contributed by atoms with van der Waals surface area (Å²) in [6.45, 7) is 8.66. The van der Waals surface area contributed by atoms with Crippen molar-refractivity contribution in [1.29, 1.82) is 0 Å². The maximum absolute atomic E-state index is 13.6. The van der Waals surface area contributed by atoms with Gasteiger partial charge in [0.05, 0.1) is 31.6 Å². The first-order chi connectivity index (χ1) is 14.0. The number of ether oxygens (including phenoxy) is 2. The van der Waals surface area contributed by atoms with Gasteiger partial charge in [0, 0.05) is 12.6 Å². The van der Waals surface area contributed by atoms with Crippen LogP contribution in [0.25, 0.3) is 0 Å². The fourth-order valence-electron chi connectivity index (χ4n) is 4.58. The Morgan fingerprint density at radius 2 is 1.87 bits per heavy atom. The van der Waals surface area contributed by atoms with Crippen LogP contribution in [0.2, 0.25) is 0 Å². The van der Waals surface area contributed by atoms with Crippen LogP contribution in [0.1, 0.15) is 39.7 Å². The molecule has 0 unspecified atom stereocenters. The molecule has 2 aliphatic rings. The molecule has 1 amide bonds. The molecule has 1 saturated heterocycles. The van der Waals surface area contributed by atoms with Gasteiger partial charge in [-0.05, 0) is 49.3 Å². The molecule has 7 heteroatoms. The van der Waals surface area contributed by atoms with Crippen molar-refractivity contribution in [2.24, 2.45) is 17.3 Å².